The zero-order valence-electron chi connectivity index (χ0n) is 20.1. The van der Waals surface area contributed by atoms with Crippen LogP contribution >= 0.6 is 22.9 Å². The van der Waals surface area contributed by atoms with Crippen LogP contribution in [0.25, 0.3) is 5.57 Å². The number of aliphatic imine (C=N–C) groups is 1. The molecule has 1 saturated heterocycles. The van der Waals surface area contributed by atoms with E-state index in [2.05, 4.69) is 19.7 Å². The van der Waals surface area contributed by atoms with E-state index in [0.717, 1.165) is 29.1 Å². The Morgan fingerprint density at radius 3 is 2.70 bits per heavy atom. The minimum Gasteiger partial charge on any atom is -0.326 e. The Morgan fingerprint density at radius 1 is 1.22 bits per heavy atom. The summed E-state index contributed by atoms with van der Waals surface area (Å²) in [5.74, 6) is 0.224. The van der Waals surface area contributed by atoms with E-state index in [-0.39, 0.29) is 16.3 Å². The van der Waals surface area contributed by atoms with E-state index in [1.54, 1.807) is 16.9 Å². The lowest BCUT2D eigenvalue weighted by Gasteiger charge is -2.32. The van der Waals surface area contributed by atoms with Crippen LogP contribution < -0.4 is 4.72 Å². The largest absolute Gasteiger partial charge is 0.326 e. The number of hydrogen-bond donors (Lipinski definition) is 1. The third-order valence-corrected chi connectivity index (χ3v) is 10.3. The summed E-state index contributed by atoms with van der Waals surface area (Å²) >= 11 is 8.01. The molecule has 4 heterocycles. The third-order valence-electron chi connectivity index (χ3n) is 7.20. The molecular formula is C25H26ClFN6O2S2. The molecule has 0 spiro atoms. The van der Waals surface area contributed by atoms with Gasteiger partial charge in [-0.1, -0.05) is 30.5 Å². The Hall–Kier alpha value is -2.60. The molecule has 0 amide bonds. The first kappa shape index (κ1) is 24.7. The minimum absolute atomic E-state index is 0.270. The normalized spacial score (nSPS) is 22.6. The van der Waals surface area contributed by atoms with E-state index in [0.29, 0.717) is 42.9 Å². The molecule has 0 bridgehead atoms. The molecule has 3 aliphatic rings. The van der Waals surface area contributed by atoms with Crippen LogP contribution in [0.2, 0.25) is 5.02 Å². The number of halogens is 2. The monoisotopic (exact) mass is 560 g/mol. The fourth-order valence-corrected chi connectivity index (χ4v) is 8.21. The summed E-state index contributed by atoms with van der Waals surface area (Å²) in [5.41, 5.74) is 3.12. The van der Waals surface area contributed by atoms with Crippen molar-refractivity contribution in [3.05, 3.63) is 74.8 Å². The van der Waals surface area contributed by atoms with Crippen molar-refractivity contribution in [1.82, 2.24) is 24.4 Å². The first-order valence-corrected chi connectivity index (χ1v) is 15.0. The van der Waals surface area contributed by atoms with Crippen LogP contribution in [-0.4, -0.2) is 51.8 Å². The van der Waals surface area contributed by atoms with Crippen LogP contribution in [0.5, 0.6) is 0 Å². The highest BCUT2D eigenvalue weighted by Gasteiger charge is 2.42. The Balaban J connectivity index is 1.47. The molecule has 3 aromatic rings. The standard InChI is InChI=1S/C25H26ClFN6O2S2/c1-32-10-8-20(30-32)22-21-13-16(31-37(34,35)17-4-2-3-5-17)14-33(21)24(25-28-9-11-36-25)29-23(22)18-7-6-15(27)12-19(18)26/h6-12,16-17,23,31H,2-5,13-14H2,1H3/t16-,23-/m0/s1. The summed E-state index contributed by atoms with van der Waals surface area (Å²) in [6.07, 6.45) is 7.33. The van der Waals surface area contributed by atoms with Crippen LogP contribution in [0, 0.1) is 5.82 Å². The molecule has 1 aromatic carbocycles. The Bertz CT molecular complexity index is 1490. The number of thiazole rings is 1. The third kappa shape index (κ3) is 4.62. The number of hydrogen-bond acceptors (Lipinski definition) is 7. The van der Waals surface area contributed by atoms with E-state index >= 15 is 0 Å². The maximum Gasteiger partial charge on any atom is 0.214 e. The molecule has 1 aliphatic carbocycles. The number of amidine groups is 1. The van der Waals surface area contributed by atoms with Crippen molar-refractivity contribution in [2.24, 2.45) is 12.0 Å². The zero-order valence-corrected chi connectivity index (χ0v) is 22.5. The van der Waals surface area contributed by atoms with E-state index in [4.69, 9.17) is 16.6 Å². The van der Waals surface area contributed by atoms with Gasteiger partial charge in [0.25, 0.3) is 0 Å². The predicted octanol–water partition coefficient (Wildman–Crippen LogP) is 4.52. The van der Waals surface area contributed by atoms with Gasteiger partial charge in [-0.2, -0.15) is 5.10 Å². The van der Waals surface area contributed by atoms with Gasteiger partial charge in [0.1, 0.15) is 11.9 Å². The van der Waals surface area contributed by atoms with E-state index in [9.17, 15) is 12.8 Å². The summed E-state index contributed by atoms with van der Waals surface area (Å²) in [5, 5.41) is 7.19. The minimum atomic E-state index is -3.45. The lowest BCUT2D eigenvalue weighted by atomic mass is 9.92. The number of nitrogens with one attached hydrogen (secondary N) is 1. The summed E-state index contributed by atoms with van der Waals surface area (Å²) in [4.78, 5) is 11.7. The van der Waals surface area contributed by atoms with Crippen LogP contribution in [-0.2, 0) is 17.1 Å². The highest BCUT2D eigenvalue weighted by molar-refractivity contribution is 7.90. The highest BCUT2D eigenvalue weighted by atomic mass is 35.5. The van der Waals surface area contributed by atoms with Gasteiger partial charge in [-0.15, -0.1) is 11.3 Å². The molecule has 2 fully saturated rings. The maximum atomic E-state index is 14.0. The highest BCUT2D eigenvalue weighted by Crippen LogP contribution is 2.46. The van der Waals surface area contributed by atoms with Crippen molar-refractivity contribution in [2.45, 2.75) is 49.4 Å². The van der Waals surface area contributed by atoms with Gasteiger partial charge < -0.3 is 4.90 Å². The van der Waals surface area contributed by atoms with E-state index in [1.807, 2.05) is 24.7 Å². The first-order valence-electron chi connectivity index (χ1n) is 12.2. The molecule has 8 nitrogen and oxygen atoms in total. The molecule has 1 N–H and O–H groups in total. The van der Waals surface area contributed by atoms with Gasteiger partial charge in [-0.3, -0.25) is 9.67 Å². The molecule has 0 unspecified atom stereocenters. The van der Waals surface area contributed by atoms with Crippen LogP contribution in [0.1, 0.15) is 54.4 Å². The summed E-state index contributed by atoms with van der Waals surface area (Å²) in [6, 6.07) is 5.34. The van der Waals surface area contributed by atoms with Crippen molar-refractivity contribution in [3.63, 3.8) is 0 Å². The van der Waals surface area contributed by atoms with Crippen molar-refractivity contribution < 1.29 is 12.8 Å². The predicted molar refractivity (Wildman–Crippen MR) is 142 cm³/mol. The SMILES string of the molecule is Cn1ccc(C2=C3C[C@H](NS(=O)(=O)C4CCCC4)CN3C(c3nccs3)=N[C@H]2c2ccc(F)cc2Cl)n1. The number of sulfonamides is 1. The van der Waals surface area contributed by atoms with Gasteiger partial charge in [0.05, 0.1) is 10.9 Å². The molecule has 194 valence electrons. The zero-order chi connectivity index (χ0) is 25.7. The average Bonchev–Trinajstić information content (AvgIpc) is 3.65. The van der Waals surface area contributed by atoms with Crippen LogP contribution in [0.15, 0.2) is 52.7 Å². The van der Waals surface area contributed by atoms with Gasteiger partial charge >= 0.3 is 0 Å². The molecule has 2 aliphatic heterocycles. The fourth-order valence-electron chi connectivity index (χ4n) is 5.53. The summed E-state index contributed by atoms with van der Waals surface area (Å²) < 4.78 is 45.0. The first-order chi connectivity index (χ1) is 17.8. The topological polar surface area (TPSA) is 92.5 Å². The number of benzene rings is 1. The molecule has 6 rings (SSSR count). The second-order valence-electron chi connectivity index (χ2n) is 9.67. The molecule has 12 heteroatoms. The lowest BCUT2D eigenvalue weighted by Crippen LogP contribution is -2.42. The Labute approximate surface area is 223 Å². The van der Waals surface area contributed by atoms with Gasteiger partial charge in [0, 0.05) is 65.7 Å². The van der Waals surface area contributed by atoms with Crippen molar-refractivity contribution in [1.29, 1.82) is 0 Å². The van der Waals surface area contributed by atoms with E-state index < -0.39 is 21.9 Å². The molecule has 0 radical (unpaired) electrons. The quantitative estimate of drug-likeness (QED) is 0.478. The number of nitrogens with zero attached hydrogens (tertiary/aromatic N) is 5. The van der Waals surface area contributed by atoms with E-state index in [1.165, 1.54) is 23.5 Å². The molecule has 37 heavy (non-hydrogen) atoms. The maximum absolute atomic E-state index is 14.0. The fraction of sp³-hybridized carbons (Fsp3) is 0.400. The number of aryl methyl sites for hydroxylation is 1. The molecule has 1 saturated carbocycles. The van der Waals surface area contributed by atoms with Gasteiger partial charge in [0.2, 0.25) is 10.0 Å². The summed E-state index contributed by atoms with van der Waals surface area (Å²) in [7, 11) is -1.61. The second kappa shape index (κ2) is 9.61. The van der Waals surface area contributed by atoms with Gasteiger partial charge in [-0.25, -0.2) is 22.5 Å². The van der Waals surface area contributed by atoms with Gasteiger partial charge in [0.15, 0.2) is 10.8 Å². The Kier molecular flexibility index (Phi) is 6.42. The Morgan fingerprint density at radius 2 is 2.03 bits per heavy atom. The van der Waals surface area contributed by atoms with Crippen molar-refractivity contribution in [3.8, 4) is 0 Å². The molecule has 2 atom stereocenters. The van der Waals surface area contributed by atoms with Gasteiger partial charge in [-0.05, 0) is 31.0 Å². The van der Waals surface area contributed by atoms with Crippen LogP contribution in [0.4, 0.5) is 4.39 Å². The smallest absolute Gasteiger partial charge is 0.214 e. The average molecular weight is 561 g/mol. The van der Waals surface area contributed by atoms with Crippen LogP contribution in [0.3, 0.4) is 0 Å². The second-order valence-corrected chi connectivity index (χ2v) is 13.0. The number of rotatable bonds is 6. The number of fused-ring (bicyclic) bond motifs is 1. The summed E-state index contributed by atoms with van der Waals surface area (Å²) in [6.45, 7) is 0.430. The molecule has 2 aromatic heterocycles. The van der Waals surface area contributed by atoms with Crippen molar-refractivity contribution >= 4 is 44.4 Å². The van der Waals surface area contributed by atoms with Crippen molar-refractivity contribution in [2.75, 3.05) is 6.54 Å². The molecular weight excluding hydrogens is 535 g/mol. The lowest BCUT2D eigenvalue weighted by molar-refractivity contribution is 0.511. The number of aromatic nitrogens is 3.